The van der Waals surface area contributed by atoms with Crippen LogP contribution >= 0.6 is 0 Å². The molecule has 0 N–H and O–H groups in total. The Morgan fingerprint density at radius 1 is 0.238 bits per heavy atom. The van der Waals surface area contributed by atoms with E-state index in [0.29, 0.717) is 17.9 Å². The van der Waals surface area contributed by atoms with Crippen molar-refractivity contribution in [3.63, 3.8) is 0 Å². The summed E-state index contributed by atoms with van der Waals surface area (Å²) in [4.78, 5) is 24.5. The topological polar surface area (TPSA) is 76.5 Å². The van der Waals surface area contributed by atoms with Crippen molar-refractivity contribution < 1.29 is 14.3 Å². The van der Waals surface area contributed by atoms with E-state index in [1.165, 1.54) is 174 Å². The third kappa shape index (κ3) is 17.4. The number of benzene rings is 15. The molecule has 5 heterocycles. The number of aryl methyl sites for hydroxylation is 22. The molecule has 15 aromatic rings. The number of hydrogen-bond donors (Lipinski definition) is 0. The van der Waals surface area contributed by atoms with Gasteiger partial charge >= 0.3 is 5.97 Å². The molecule has 5 aliphatic rings. The molecule has 0 aliphatic carbocycles. The Labute approximate surface area is 746 Å². The van der Waals surface area contributed by atoms with E-state index < -0.39 is 0 Å². The summed E-state index contributed by atoms with van der Waals surface area (Å²) in [5.74, 6) is 1.21. The standard InChI is InChI=1S/C24H25N.C24H23N.C23H21NO2.C23H23NO.C22H21N3/c2*1-16-9-12-23-21(15-16)11-10-20-7-5-6-8-22(20)25(23)24-18(3)13-17(2)14-19(24)4;1-14-9-10-20-21(13-14)26-23(25)18-7-5-6-8-19(18)24(20)22-16(3)11-15(2)12-17(22)4;1-15-9-10-21-22(13-15)25-14-19-7-5-6-8-20(19)24(21)23-17(3)11-16(2)12-18(23)4;1-14-9-10-21-19(13-14)24-23-18-7-5-6-8-20(18)25(21)22-16(3)11-15(2)12-17(22)4/h5-9,12-15H,10-11H2,1-4H3;5-15H,1-4H3;5-13H,1-4H3;5-13H,14H2,1-4H3;5-13H,1-4H3. The van der Waals surface area contributed by atoms with Gasteiger partial charge in [0.25, 0.3) is 0 Å². The number of ether oxygens (including phenoxy) is 2. The van der Waals surface area contributed by atoms with Crippen LogP contribution < -0.4 is 34.0 Å². The lowest BCUT2D eigenvalue weighted by Gasteiger charge is -2.30. The van der Waals surface area contributed by atoms with Gasteiger partial charge in [-0.05, 0) is 343 Å². The first kappa shape index (κ1) is 85.5. The van der Waals surface area contributed by atoms with Crippen LogP contribution in [0.25, 0.3) is 12.2 Å². The molecule has 0 spiro atoms. The van der Waals surface area contributed by atoms with Crippen LogP contribution in [-0.2, 0) is 19.4 Å². The Bertz CT molecular complexity index is 6290. The van der Waals surface area contributed by atoms with Crippen LogP contribution in [0.5, 0.6) is 11.5 Å². The SMILES string of the molecule is Cc1cc(C)c(N2c3ccc(C)cc3OC(=O)c3ccccc32)c(C)c1.Cc1cc(C)c(N2c3ccccc3C=Cc3cc(C)ccc32)c(C)c1.Cc1cc(C)c(N2c3ccccc3CCc3cc(C)ccc32)c(C)c1.Cc1cc(C)c(N2c3ccccc3COc3cc(C)ccc32)c(C)c1.Cc1cc(C)c(N2c3ccccc3N=Nc3cc(C)ccc32)c(C)c1. The normalized spacial score (nSPS) is 12.8. The minimum absolute atomic E-state index is 0.322. The first-order chi connectivity index (χ1) is 60.6. The second-order valence-corrected chi connectivity index (χ2v) is 35.1. The molecule has 10 nitrogen and oxygen atoms in total. The van der Waals surface area contributed by atoms with Crippen LogP contribution in [0.1, 0.15) is 149 Å². The largest absolute Gasteiger partial charge is 0.487 e. The quantitative estimate of drug-likeness (QED) is 0.125. The Morgan fingerprint density at radius 3 is 1.09 bits per heavy atom. The molecule has 126 heavy (non-hydrogen) atoms. The van der Waals surface area contributed by atoms with Crippen molar-refractivity contribution in [2.24, 2.45) is 10.2 Å². The molecule has 0 saturated carbocycles. The maximum absolute atomic E-state index is 12.7. The maximum Gasteiger partial charge on any atom is 0.345 e. The highest BCUT2D eigenvalue weighted by Crippen LogP contribution is 2.54. The van der Waals surface area contributed by atoms with Crippen molar-refractivity contribution >= 4 is 115 Å². The molecular formula is C116H113N7O3. The van der Waals surface area contributed by atoms with Gasteiger partial charge in [-0.25, -0.2) is 4.79 Å². The van der Waals surface area contributed by atoms with Crippen molar-refractivity contribution in [2.45, 2.75) is 158 Å². The van der Waals surface area contributed by atoms with Crippen molar-refractivity contribution in [3.8, 4) is 11.5 Å². The fourth-order valence-electron chi connectivity index (χ4n) is 19.4. The molecule has 20 rings (SSSR count). The van der Waals surface area contributed by atoms with E-state index in [4.69, 9.17) is 9.47 Å². The minimum Gasteiger partial charge on any atom is -0.487 e. The van der Waals surface area contributed by atoms with E-state index in [1.807, 2.05) is 61.5 Å². The van der Waals surface area contributed by atoms with Gasteiger partial charge in [0.05, 0.1) is 79.5 Å². The van der Waals surface area contributed by atoms with Gasteiger partial charge in [0.15, 0.2) is 5.75 Å². The fourth-order valence-corrected chi connectivity index (χ4v) is 19.4. The lowest BCUT2D eigenvalue weighted by molar-refractivity contribution is 0.0738. The smallest absolute Gasteiger partial charge is 0.345 e. The van der Waals surface area contributed by atoms with Crippen molar-refractivity contribution in [2.75, 3.05) is 24.5 Å². The summed E-state index contributed by atoms with van der Waals surface area (Å²) in [6, 6.07) is 96.7. The Balaban J connectivity index is 0.000000116. The van der Waals surface area contributed by atoms with E-state index in [-0.39, 0.29) is 5.97 Å². The van der Waals surface area contributed by atoms with E-state index in [1.54, 1.807) is 0 Å². The summed E-state index contributed by atoms with van der Waals surface area (Å²) in [6.45, 7) is 43.7. The molecule has 630 valence electrons. The number of nitrogens with zero attached hydrogens (tertiary/aromatic N) is 7. The van der Waals surface area contributed by atoms with Gasteiger partial charge in [0.1, 0.15) is 23.7 Å². The van der Waals surface area contributed by atoms with E-state index in [2.05, 4.69) is 397 Å². The van der Waals surface area contributed by atoms with Crippen LogP contribution in [0.4, 0.5) is 96.7 Å². The summed E-state index contributed by atoms with van der Waals surface area (Å²) < 4.78 is 11.9. The van der Waals surface area contributed by atoms with Crippen LogP contribution in [0.15, 0.2) is 283 Å². The number of esters is 1. The first-order valence-electron chi connectivity index (χ1n) is 43.9. The number of azo groups is 1. The number of anilines is 15. The fraction of sp³-hybridized carbons (Fsp3) is 0.198. The molecule has 0 saturated heterocycles. The molecule has 5 aliphatic heterocycles. The predicted molar refractivity (Wildman–Crippen MR) is 530 cm³/mol. The summed E-state index contributed by atoms with van der Waals surface area (Å²) in [5.41, 5.74) is 51.5. The Hall–Kier alpha value is -14.1. The predicted octanol–water partition coefficient (Wildman–Crippen LogP) is 32.7. The third-order valence-corrected chi connectivity index (χ3v) is 24.4. The first-order valence-corrected chi connectivity index (χ1v) is 43.9. The summed E-state index contributed by atoms with van der Waals surface area (Å²) in [7, 11) is 0. The molecule has 0 fully saturated rings. The molecule has 10 heteroatoms. The number of fused-ring (bicyclic) bond motifs is 10. The van der Waals surface area contributed by atoms with Gasteiger partial charge in [-0.3, -0.25) is 0 Å². The Kier molecular flexibility index (Phi) is 24.4. The maximum atomic E-state index is 12.7. The van der Waals surface area contributed by atoms with E-state index in [0.717, 1.165) is 80.8 Å². The molecule has 0 amide bonds. The van der Waals surface area contributed by atoms with Crippen molar-refractivity contribution in [1.29, 1.82) is 0 Å². The van der Waals surface area contributed by atoms with Crippen LogP contribution in [0, 0.1) is 138 Å². The van der Waals surface area contributed by atoms with Gasteiger partial charge in [-0.2, -0.15) is 0 Å². The van der Waals surface area contributed by atoms with Crippen molar-refractivity contribution in [1.82, 2.24) is 0 Å². The highest BCUT2D eigenvalue weighted by Gasteiger charge is 2.33. The third-order valence-electron chi connectivity index (χ3n) is 24.4. The lowest BCUT2D eigenvalue weighted by Crippen LogP contribution is -2.14. The highest BCUT2D eigenvalue weighted by atomic mass is 16.5. The second-order valence-electron chi connectivity index (χ2n) is 35.1. The number of rotatable bonds is 5. The molecule has 0 atom stereocenters. The van der Waals surface area contributed by atoms with Crippen LogP contribution in [-0.4, -0.2) is 5.97 Å². The average Bonchev–Trinajstić information content (AvgIpc) is 1.56. The zero-order valence-corrected chi connectivity index (χ0v) is 76.6. The number of hydrogen-bond acceptors (Lipinski definition) is 10. The molecule has 0 aromatic heterocycles. The molecule has 0 radical (unpaired) electrons. The van der Waals surface area contributed by atoms with Crippen molar-refractivity contribution in [3.05, 3.63) is 418 Å². The molecule has 15 aromatic carbocycles. The number of carbonyl (C=O) groups is 1. The molecule has 0 bridgehead atoms. The number of carbonyl (C=O) groups excluding carboxylic acids is 1. The second kappa shape index (κ2) is 36.0. The highest BCUT2D eigenvalue weighted by molar-refractivity contribution is 6.04. The zero-order valence-electron chi connectivity index (χ0n) is 76.6. The zero-order chi connectivity index (χ0) is 88.6. The lowest BCUT2D eigenvalue weighted by atomic mass is 10.0. The van der Waals surface area contributed by atoms with E-state index in [9.17, 15) is 4.79 Å². The average molecular weight is 1650 g/mol. The minimum atomic E-state index is -0.322. The number of para-hydroxylation sites is 5. The summed E-state index contributed by atoms with van der Waals surface area (Å²) >= 11 is 0. The van der Waals surface area contributed by atoms with Gasteiger partial charge in [-0.15, -0.1) is 10.2 Å². The summed E-state index contributed by atoms with van der Waals surface area (Å²) in [6.07, 6.45) is 6.65. The molecular weight excluding hydrogens is 1540 g/mol. The van der Waals surface area contributed by atoms with Gasteiger partial charge < -0.3 is 34.0 Å². The van der Waals surface area contributed by atoms with Gasteiger partial charge in [0.2, 0.25) is 0 Å². The monoisotopic (exact) mass is 1650 g/mol. The van der Waals surface area contributed by atoms with Gasteiger partial charge in [-0.1, -0.05) is 227 Å². The Morgan fingerprint density at radius 2 is 0.556 bits per heavy atom. The van der Waals surface area contributed by atoms with Crippen LogP contribution in [0.2, 0.25) is 0 Å². The van der Waals surface area contributed by atoms with E-state index >= 15 is 0 Å². The van der Waals surface area contributed by atoms with Crippen LogP contribution in [0.3, 0.4) is 0 Å². The summed E-state index contributed by atoms with van der Waals surface area (Å²) in [5, 5.41) is 9.03. The van der Waals surface area contributed by atoms with Gasteiger partial charge in [0, 0.05) is 16.9 Å². The molecule has 0 unspecified atom stereocenters.